The van der Waals surface area contributed by atoms with Crippen LogP contribution >= 0.6 is 0 Å². The Morgan fingerprint density at radius 3 is 2.49 bits per heavy atom. The summed E-state index contributed by atoms with van der Waals surface area (Å²) in [7, 11) is 0. The summed E-state index contributed by atoms with van der Waals surface area (Å²) in [5, 5.41) is 2.92. The summed E-state index contributed by atoms with van der Waals surface area (Å²) in [6.07, 6.45) is 0.369. The zero-order valence-electron chi connectivity index (χ0n) is 20.4. The molecule has 2 aromatic rings. The number of hydrogen-bond acceptors (Lipinski definition) is 5. The molecule has 1 aliphatic heterocycles. The quantitative estimate of drug-likeness (QED) is 0.527. The molecule has 1 aliphatic rings. The largest absolute Gasteiger partial charge is 0.493 e. The first-order valence-electron chi connectivity index (χ1n) is 11.7. The SMILES string of the molecule is CCOc1ccccc1C(=O)NC[C@H]1CC(c2ccc(OC(F)F)c(OC(C)C)c2)CN1C(C)=O. The number of rotatable bonds is 10. The lowest BCUT2D eigenvalue weighted by Gasteiger charge is -2.23. The number of halogens is 2. The van der Waals surface area contributed by atoms with E-state index >= 15 is 0 Å². The fraction of sp³-hybridized carbons (Fsp3) is 0.462. The van der Waals surface area contributed by atoms with Gasteiger partial charge in [-0.1, -0.05) is 18.2 Å². The fourth-order valence-electron chi connectivity index (χ4n) is 4.30. The van der Waals surface area contributed by atoms with Crippen molar-refractivity contribution in [3.05, 3.63) is 53.6 Å². The molecule has 2 aromatic carbocycles. The third-order valence-electron chi connectivity index (χ3n) is 5.77. The monoisotopic (exact) mass is 490 g/mol. The normalized spacial score (nSPS) is 17.5. The van der Waals surface area contributed by atoms with Crippen LogP contribution in [-0.4, -0.2) is 55.2 Å². The molecule has 1 fully saturated rings. The van der Waals surface area contributed by atoms with Gasteiger partial charge in [-0.2, -0.15) is 8.78 Å². The van der Waals surface area contributed by atoms with E-state index < -0.39 is 6.61 Å². The van der Waals surface area contributed by atoms with Gasteiger partial charge in [0.25, 0.3) is 5.91 Å². The molecule has 2 atom stereocenters. The van der Waals surface area contributed by atoms with Crippen LogP contribution in [0.2, 0.25) is 0 Å². The average molecular weight is 491 g/mol. The highest BCUT2D eigenvalue weighted by molar-refractivity contribution is 5.97. The van der Waals surface area contributed by atoms with Crippen molar-refractivity contribution in [1.82, 2.24) is 10.2 Å². The first kappa shape index (κ1) is 26.2. The summed E-state index contributed by atoms with van der Waals surface area (Å²) in [4.78, 5) is 26.9. The van der Waals surface area contributed by atoms with Crippen molar-refractivity contribution in [1.29, 1.82) is 0 Å². The Morgan fingerprint density at radius 2 is 1.83 bits per heavy atom. The van der Waals surface area contributed by atoms with Gasteiger partial charge in [-0.15, -0.1) is 0 Å². The van der Waals surface area contributed by atoms with E-state index in [2.05, 4.69) is 10.1 Å². The lowest BCUT2D eigenvalue weighted by molar-refractivity contribution is -0.129. The zero-order valence-corrected chi connectivity index (χ0v) is 20.4. The van der Waals surface area contributed by atoms with Crippen LogP contribution < -0.4 is 19.5 Å². The third-order valence-corrected chi connectivity index (χ3v) is 5.77. The number of nitrogens with one attached hydrogen (secondary N) is 1. The maximum absolute atomic E-state index is 12.8. The van der Waals surface area contributed by atoms with E-state index in [-0.39, 0.29) is 47.9 Å². The van der Waals surface area contributed by atoms with Gasteiger partial charge in [-0.05, 0) is 57.0 Å². The van der Waals surface area contributed by atoms with Gasteiger partial charge in [-0.25, -0.2) is 0 Å². The number of carbonyl (C=O) groups excluding carboxylic acids is 2. The molecular weight excluding hydrogens is 458 g/mol. The Balaban J connectivity index is 1.74. The molecule has 7 nitrogen and oxygen atoms in total. The molecule has 0 bridgehead atoms. The molecule has 1 heterocycles. The molecule has 0 radical (unpaired) electrons. The molecule has 0 spiro atoms. The maximum Gasteiger partial charge on any atom is 0.387 e. The van der Waals surface area contributed by atoms with E-state index in [1.54, 1.807) is 55.1 Å². The number of carbonyl (C=O) groups is 2. The third kappa shape index (κ3) is 6.83. The number of likely N-dealkylation sites (tertiary alicyclic amines) is 1. The molecular formula is C26H32F2N2O5. The predicted octanol–water partition coefficient (Wildman–Crippen LogP) is 4.61. The minimum Gasteiger partial charge on any atom is -0.493 e. The number of ether oxygens (including phenoxy) is 3. The van der Waals surface area contributed by atoms with Crippen molar-refractivity contribution in [3.63, 3.8) is 0 Å². The molecule has 2 amide bonds. The van der Waals surface area contributed by atoms with Crippen LogP contribution in [0, 0.1) is 0 Å². The molecule has 1 N–H and O–H groups in total. The van der Waals surface area contributed by atoms with Gasteiger partial charge in [-0.3, -0.25) is 9.59 Å². The standard InChI is InChI=1S/C26H32F2N2O5/c1-5-33-22-9-7-6-8-21(22)25(32)29-14-20-12-19(15-30(20)17(4)31)18-10-11-23(35-26(27)28)24(13-18)34-16(2)3/h6-11,13,16,19-20,26H,5,12,14-15H2,1-4H3,(H,29,32)/t19?,20-/m1/s1. The van der Waals surface area contributed by atoms with Gasteiger partial charge in [0.1, 0.15) is 5.75 Å². The molecule has 9 heteroatoms. The molecule has 0 saturated carbocycles. The second-order valence-corrected chi connectivity index (χ2v) is 8.65. The minimum absolute atomic E-state index is 0.0318. The highest BCUT2D eigenvalue weighted by Gasteiger charge is 2.35. The summed E-state index contributed by atoms with van der Waals surface area (Å²) < 4.78 is 41.5. The Morgan fingerprint density at radius 1 is 1.09 bits per heavy atom. The molecule has 0 aliphatic carbocycles. The average Bonchev–Trinajstić information content (AvgIpc) is 3.23. The van der Waals surface area contributed by atoms with Crippen molar-refractivity contribution >= 4 is 11.8 Å². The molecule has 190 valence electrons. The van der Waals surface area contributed by atoms with Crippen LogP contribution in [0.3, 0.4) is 0 Å². The van der Waals surface area contributed by atoms with Gasteiger partial charge in [0, 0.05) is 32.0 Å². The van der Waals surface area contributed by atoms with Crippen molar-refractivity contribution in [2.24, 2.45) is 0 Å². The Hall–Kier alpha value is -3.36. The van der Waals surface area contributed by atoms with Crippen LogP contribution in [0.1, 0.15) is 56.0 Å². The number of nitrogens with zero attached hydrogens (tertiary/aromatic N) is 1. The zero-order chi connectivity index (χ0) is 25.5. The van der Waals surface area contributed by atoms with Crippen molar-refractivity contribution in [3.8, 4) is 17.2 Å². The lowest BCUT2D eigenvalue weighted by Crippen LogP contribution is -2.42. The van der Waals surface area contributed by atoms with Crippen LogP contribution in [0.4, 0.5) is 8.78 Å². The topological polar surface area (TPSA) is 77.1 Å². The number of benzene rings is 2. The Bertz CT molecular complexity index is 1030. The highest BCUT2D eigenvalue weighted by Crippen LogP contribution is 2.37. The van der Waals surface area contributed by atoms with Crippen molar-refractivity contribution in [2.45, 2.75) is 58.8 Å². The highest BCUT2D eigenvalue weighted by atomic mass is 19.3. The van der Waals surface area contributed by atoms with Crippen LogP contribution in [-0.2, 0) is 4.79 Å². The predicted molar refractivity (Wildman–Crippen MR) is 127 cm³/mol. The summed E-state index contributed by atoms with van der Waals surface area (Å²) in [5.74, 6) is 0.280. The molecule has 35 heavy (non-hydrogen) atoms. The summed E-state index contributed by atoms with van der Waals surface area (Å²) in [6.45, 7) is 5.14. The minimum atomic E-state index is -2.96. The van der Waals surface area contributed by atoms with Gasteiger partial charge in [0.15, 0.2) is 11.5 Å². The molecule has 1 unspecified atom stereocenters. The number of para-hydroxylation sites is 1. The van der Waals surface area contributed by atoms with Gasteiger partial charge >= 0.3 is 6.61 Å². The first-order chi connectivity index (χ1) is 16.7. The first-order valence-corrected chi connectivity index (χ1v) is 11.7. The summed E-state index contributed by atoms with van der Waals surface area (Å²) >= 11 is 0. The number of hydrogen-bond donors (Lipinski definition) is 1. The van der Waals surface area contributed by atoms with E-state index in [0.717, 1.165) is 5.56 Å². The number of alkyl halides is 2. The van der Waals surface area contributed by atoms with Crippen molar-refractivity contribution < 1.29 is 32.6 Å². The van der Waals surface area contributed by atoms with E-state index in [9.17, 15) is 18.4 Å². The lowest BCUT2D eigenvalue weighted by atomic mass is 9.96. The van der Waals surface area contributed by atoms with Crippen LogP contribution in [0.15, 0.2) is 42.5 Å². The van der Waals surface area contributed by atoms with Crippen LogP contribution in [0.25, 0.3) is 0 Å². The second-order valence-electron chi connectivity index (χ2n) is 8.65. The Kier molecular flexibility index (Phi) is 8.89. The summed E-state index contributed by atoms with van der Waals surface area (Å²) in [5.41, 5.74) is 1.28. The van der Waals surface area contributed by atoms with Gasteiger partial charge < -0.3 is 24.4 Å². The van der Waals surface area contributed by atoms with Crippen LogP contribution in [0.5, 0.6) is 17.2 Å². The van der Waals surface area contributed by atoms with E-state index in [0.29, 0.717) is 30.9 Å². The summed E-state index contributed by atoms with van der Waals surface area (Å²) in [6, 6.07) is 11.7. The molecule has 3 rings (SSSR count). The maximum atomic E-state index is 12.8. The van der Waals surface area contributed by atoms with E-state index in [1.807, 2.05) is 6.92 Å². The second kappa shape index (κ2) is 11.9. The van der Waals surface area contributed by atoms with Crippen molar-refractivity contribution in [2.75, 3.05) is 19.7 Å². The number of amides is 2. The Labute approximate surface area is 204 Å². The van der Waals surface area contributed by atoms with Gasteiger partial charge in [0.2, 0.25) is 5.91 Å². The molecule has 1 saturated heterocycles. The van der Waals surface area contributed by atoms with E-state index in [4.69, 9.17) is 9.47 Å². The smallest absolute Gasteiger partial charge is 0.387 e. The van der Waals surface area contributed by atoms with E-state index in [1.165, 1.54) is 13.0 Å². The van der Waals surface area contributed by atoms with Gasteiger partial charge in [0.05, 0.1) is 18.3 Å². The fourth-order valence-corrected chi connectivity index (χ4v) is 4.30. The molecule has 0 aromatic heterocycles.